The first-order chi connectivity index (χ1) is 13.0. The summed E-state index contributed by atoms with van der Waals surface area (Å²) in [6, 6.07) is 5.33. The van der Waals surface area contributed by atoms with Crippen molar-refractivity contribution in [2.45, 2.75) is 25.8 Å². The summed E-state index contributed by atoms with van der Waals surface area (Å²) < 4.78 is 11.9. The van der Waals surface area contributed by atoms with Crippen LogP contribution in [0.15, 0.2) is 45.8 Å². The maximum absolute atomic E-state index is 12.6. The quantitative estimate of drug-likeness (QED) is 0.459. The van der Waals surface area contributed by atoms with Gasteiger partial charge in [0.15, 0.2) is 5.58 Å². The minimum Gasteiger partial charge on any atom is -0.457 e. The largest absolute Gasteiger partial charge is 0.457 e. The summed E-state index contributed by atoms with van der Waals surface area (Å²) in [5, 5.41) is 0. The van der Waals surface area contributed by atoms with Crippen molar-refractivity contribution in [1.82, 2.24) is 9.47 Å². The van der Waals surface area contributed by atoms with Crippen LogP contribution in [0.2, 0.25) is 0 Å². The Morgan fingerprint density at radius 3 is 2.89 bits per heavy atom. The Hall–Kier alpha value is -3.09. The van der Waals surface area contributed by atoms with Crippen LogP contribution in [0.4, 0.5) is 0 Å². The number of fused-ring (bicyclic) bond motifs is 2. The third-order valence-electron chi connectivity index (χ3n) is 5.40. The molecule has 0 radical (unpaired) electrons. The van der Waals surface area contributed by atoms with Crippen LogP contribution >= 0.6 is 0 Å². The number of hydrogen-bond acceptors (Lipinski definition) is 5. The molecule has 1 amide bonds. The summed E-state index contributed by atoms with van der Waals surface area (Å²) in [6.45, 7) is 5.60. The molecule has 1 fully saturated rings. The van der Waals surface area contributed by atoms with Crippen molar-refractivity contribution in [1.29, 1.82) is 0 Å². The number of carbonyl (C=O) groups is 2. The number of aromatic nitrogens is 1. The molecule has 1 unspecified atom stereocenters. The third-order valence-corrected chi connectivity index (χ3v) is 5.40. The highest BCUT2D eigenvalue weighted by molar-refractivity contribution is 6.07. The number of hydrogen-bond donors (Lipinski definition) is 0. The van der Waals surface area contributed by atoms with Crippen LogP contribution in [0.25, 0.3) is 16.7 Å². The summed E-state index contributed by atoms with van der Waals surface area (Å²) in [4.78, 5) is 38.4. The van der Waals surface area contributed by atoms with E-state index < -0.39 is 11.7 Å². The van der Waals surface area contributed by atoms with Crippen molar-refractivity contribution in [3.63, 3.8) is 0 Å². The molecular weight excluding hydrogens is 348 g/mol. The van der Waals surface area contributed by atoms with Gasteiger partial charge in [0.25, 0.3) is 0 Å². The number of rotatable bonds is 5. The van der Waals surface area contributed by atoms with E-state index in [1.54, 1.807) is 24.1 Å². The fraction of sp³-hybridized carbons (Fsp3) is 0.350. The van der Waals surface area contributed by atoms with Crippen LogP contribution in [0, 0.1) is 5.92 Å². The fourth-order valence-corrected chi connectivity index (χ4v) is 4.01. The topological polar surface area (TPSA) is 81.7 Å². The Morgan fingerprint density at radius 1 is 1.41 bits per heavy atom. The Morgan fingerprint density at radius 2 is 2.19 bits per heavy atom. The number of oxazole rings is 1. The maximum Gasteiger partial charge on any atom is 0.419 e. The lowest BCUT2D eigenvalue weighted by Gasteiger charge is -2.43. The molecule has 4 rings (SSSR count). The zero-order valence-corrected chi connectivity index (χ0v) is 15.2. The van der Waals surface area contributed by atoms with Crippen LogP contribution in [0.5, 0.6) is 0 Å². The van der Waals surface area contributed by atoms with Crippen LogP contribution in [0.1, 0.15) is 25.3 Å². The highest BCUT2D eigenvalue weighted by Crippen LogP contribution is 2.47. The lowest BCUT2D eigenvalue weighted by atomic mass is 9.84. The van der Waals surface area contributed by atoms with E-state index in [-0.39, 0.29) is 30.2 Å². The highest BCUT2D eigenvalue weighted by atomic mass is 16.5. The molecule has 3 heterocycles. The van der Waals surface area contributed by atoms with Gasteiger partial charge in [0.05, 0.1) is 17.5 Å². The fourth-order valence-electron chi connectivity index (χ4n) is 4.01. The lowest BCUT2D eigenvalue weighted by Crippen LogP contribution is -2.58. The van der Waals surface area contributed by atoms with Crippen molar-refractivity contribution >= 4 is 28.5 Å². The zero-order chi connectivity index (χ0) is 19.3. The Labute approximate surface area is 155 Å². The van der Waals surface area contributed by atoms with Gasteiger partial charge in [-0.25, -0.2) is 9.59 Å². The second kappa shape index (κ2) is 6.26. The van der Waals surface area contributed by atoms with Gasteiger partial charge in [0.1, 0.15) is 12.3 Å². The van der Waals surface area contributed by atoms with Crippen molar-refractivity contribution in [2.24, 2.45) is 13.0 Å². The van der Waals surface area contributed by atoms with Gasteiger partial charge >= 0.3 is 11.7 Å². The summed E-state index contributed by atoms with van der Waals surface area (Å²) in [7, 11) is 1.64. The van der Waals surface area contributed by atoms with Gasteiger partial charge in [-0.2, -0.15) is 0 Å². The Kier molecular flexibility index (Phi) is 4.02. The molecule has 7 nitrogen and oxygen atoms in total. The van der Waals surface area contributed by atoms with E-state index in [2.05, 4.69) is 6.58 Å². The van der Waals surface area contributed by atoms with Gasteiger partial charge < -0.3 is 14.1 Å². The monoisotopic (exact) mass is 368 g/mol. The molecule has 0 bridgehead atoms. The number of ether oxygens (including phenoxy) is 1. The van der Waals surface area contributed by atoms with Crippen LogP contribution in [-0.4, -0.2) is 34.0 Å². The number of benzene rings is 1. The van der Waals surface area contributed by atoms with E-state index in [1.165, 1.54) is 10.6 Å². The molecule has 1 aromatic heterocycles. The lowest BCUT2D eigenvalue weighted by molar-refractivity contribution is -0.156. The molecule has 0 saturated carbocycles. The molecule has 7 heteroatoms. The molecule has 140 valence electrons. The van der Waals surface area contributed by atoms with E-state index in [0.29, 0.717) is 17.5 Å². The smallest absolute Gasteiger partial charge is 0.419 e. The van der Waals surface area contributed by atoms with E-state index >= 15 is 0 Å². The number of aryl methyl sites for hydroxylation is 1. The SMILES string of the molecule is C=CCOC(=O)C1=C(c2ccc3c(c2)oc(=O)n3C)CC2[C@@H](CC)C(=O)N12. The molecule has 1 saturated heterocycles. The van der Waals surface area contributed by atoms with E-state index in [0.717, 1.165) is 17.6 Å². The molecule has 2 aliphatic heterocycles. The molecular formula is C20H20N2O5. The van der Waals surface area contributed by atoms with Gasteiger partial charge in [0.2, 0.25) is 5.91 Å². The average Bonchev–Trinajstić information content (AvgIpc) is 3.15. The van der Waals surface area contributed by atoms with Crippen LogP contribution in [0.3, 0.4) is 0 Å². The second-order valence-electron chi connectivity index (χ2n) is 6.82. The third kappa shape index (κ3) is 2.45. The summed E-state index contributed by atoms with van der Waals surface area (Å²) in [5.74, 6) is -1.11. The minimum absolute atomic E-state index is 0.0257. The normalized spacial score (nSPS) is 21.4. The summed E-state index contributed by atoms with van der Waals surface area (Å²) in [6.07, 6.45) is 2.79. The second-order valence-corrected chi connectivity index (χ2v) is 6.82. The van der Waals surface area contributed by atoms with Crippen molar-refractivity contribution in [3.8, 4) is 0 Å². The van der Waals surface area contributed by atoms with E-state index in [4.69, 9.17) is 9.15 Å². The van der Waals surface area contributed by atoms with Crippen molar-refractivity contribution < 1.29 is 18.7 Å². The molecule has 0 N–H and O–H groups in total. The average molecular weight is 368 g/mol. The van der Waals surface area contributed by atoms with Crippen LogP contribution < -0.4 is 5.76 Å². The predicted octanol–water partition coefficient (Wildman–Crippen LogP) is 2.21. The molecule has 27 heavy (non-hydrogen) atoms. The maximum atomic E-state index is 12.6. The van der Waals surface area contributed by atoms with Gasteiger partial charge in [-0.15, -0.1) is 0 Å². The summed E-state index contributed by atoms with van der Waals surface area (Å²) in [5.41, 5.74) is 2.89. The Balaban J connectivity index is 1.81. The van der Waals surface area contributed by atoms with E-state index in [1.807, 2.05) is 13.0 Å². The number of esters is 1. The molecule has 0 aliphatic carbocycles. The first-order valence-electron chi connectivity index (χ1n) is 8.92. The first-order valence-corrected chi connectivity index (χ1v) is 8.92. The number of β-lactam (4-membered cyclic amide) rings is 1. The first kappa shape index (κ1) is 17.3. The molecule has 2 atom stereocenters. The summed E-state index contributed by atoms with van der Waals surface area (Å²) >= 11 is 0. The van der Waals surface area contributed by atoms with Gasteiger partial charge in [-0.05, 0) is 36.1 Å². The molecule has 1 aromatic carbocycles. The minimum atomic E-state index is -0.537. The van der Waals surface area contributed by atoms with Crippen molar-refractivity contribution in [2.75, 3.05) is 6.61 Å². The number of carbonyl (C=O) groups excluding carboxylic acids is 2. The van der Waals surface area contributed by atoms with Gasteiger partial charge in [-0.3, -0.25) is 9.36 Å². The highest BCUT2D eigenvalue weighted by Gasteiger charge is 2.54. The zero-order valence-electron chi connectivity index (χ0n) is 15.2. The predicted molar refractivity (Wildman–Crippen MR) is 98.6 cm³/mol. The Bertz CT molecular complexity index is 1060. The number of amides is 1. The number of nitrogens with zero attached hydrogens (tertiary/aromatic N) is 2. The van der Waals surface area contributed by atoms with E-state index in [9.17, 15) is 14.4 Å². The van der Waals surface area contributed by atoms with Crippen molar-refractivity contribution in [3.05, 3.63) is 52.7 Å². The molecule has 2 aliphatic rings. The standard InChI is InChI=1S/C20H20N2O5/c1-4-8-26-19(24)17-13(10-15-12(5-2)18(23)22(15)17)11-6-7-14-16(9-11)27-20(25)21(14)3/h4,6-7,9,12,15H,1,5,8,10H2,2-3H3/t12-,15?/m1/s1. The molecule has 0 spiro atoms. The van der Waals surface area contributed by atoms with Gasteiger partial charge in [0, 0.05) is 7.05 Å². The molecule has 2 aromatic rings. The van der Waals surface area contributed by atoms with Gasteiger partial charge in [-0.1, -0.05) is 25.6 Å². The van der Waals surface area contributed by atoms with Crippen LogP contribution in [-0.2, 0) is 21.4 Å².